The summed E-state index contributed by atoms with van der Waals surface area (Å²) in [6.07, 6.45) is 7.59. The van der Waals surface area contributed by atoms with Gasteiger partial charge in [0.1, 0.15) is 0 Å². The maximum absolute atomic E-state index is 4.30. The Kier molecular flexibility index (Phi) is 2.00. The molecule has 1 aromatic carbocycles. The second-order valence-electron chi connectivity index (χ2n) is 4.67. The minimum atomic E-state index is 1.06. The Balaban J connectivity index is 2.03. The molecule has 19 heavy (non-hydrogen) atoms. The van der Waals surface area contributed by atoms with Gasteiger partial charge in [0.15, 0.2) is 0 Å². The number of H-pyrrole nitrogens is 1. The van der Waals surface area contributed by atoms with Crippen LogP contribution in [0.25, 0.3) is 32.9 Å². The minimum Gasteiger partial charge on any atom is -0.360 e. The molecule has 92 valence electrons. The lowest BCUT2D eigenvalue weighted by Crippen LogP contribution is -1.89. The Labute approximate surface area is 109 Å². The van der Waals surface area contributed by atoms with Crippen LogP contribution in [0.4, 0.5) is 0 Å². The fourth-order valence-corrected chi connectivity index (χ4v) is 2.52. The summed E-state index contributed by atoms with van der Waals surface area (Å²) in [5.41, 5.74) is 4.49. The van der Waals surface area contributed by atoms with Crippen LogP contribution in [0.2, 0.25) is 0 Å². The number of benzene rings is 1. The Hall–Kier alpha value is -2.62. The number of aromatic amines is 1. The average molecular weight is 248 g/mol. The highest BCUT2D eigenvalue weighted by molar-refractivity contribution is 5.96. The van der Waals surface area contributed by atoms with Gasteiger partial charge in [0, 0.05) is 35.8 Å². The number of nitrogens with zero attached hydrogens (tertiary/aromatic N) is 3. The number of pyridine rings is 1. The summed E-state index contributed by atoms with van der Waals surface area (Å²) in [6, 6.07) is 8.46. The summed E-state index contributed by atoms with van der Waals surface area (Å²) in [6.45, 7) is 0. The quantitative estimate of drug-likeness (QED) is 0.562. The van der Waals surface area contributed by atoms with Crippen molar-refractivity contribution in [2.24, 2.45) is 7.05 Å². The van der Waals surface area contributed by atoms with Crippen LogP contribution >= 0.6 is 0 Å². The molecule has 0 aliphatic heterocycles. The summed E-state index contributed by atoms with van der Waals surface area (Å²) in [4.78, 5) is 7.49. The molecule has 4 aromatic rings. The molecule has 0 aliphatic rings. The number of hydrogen-bond acceptors (Lipinski definition) is 2. The van der Waals surface area contributed by atoms with Gasteiger partial charge in [-0.2, -0.15) is 5.10 Å². The van der Waals surface area contributed by atoms with Gasteiger partial charge in [0.2, 0.25) is 0 Å². The molecule has 3 heterocycles. The highest BCUT2D eigenvalue weighted by Gasteiger charge is 2.07. The van der Waals surface area contributed by atoms with Crippen molar-refractivity contribution in [3.8, 4) is 11.1 Å². The number of aromatic nitrogens is 4. The van der Waals surface area contributed by atoms with Gasteiger partial charge >= 0.3 is 0 Å². The largest absolute Gasteiger partial charge is 0.360 e. The predicted octanol–water partition coefficient (Wildman–Crippen LogP) is 3.12. The Morgan fingerprint density at radius 1 is 1.11 bits per heavy atom. The first kappa shape index (κ1) is 10.3. The molecule has 0 radical (unpaired) electrons. The van der Waals surface area contributed by atoms with Crippen molar-refractivity contribution in [1.82, 2.24) is 19.7 Å². The number of aryl methyl sites for hydroxylation is 1. The van der Waals surface area contributed by atoms with Crippen LogP contribution in [0.1, 0.15) is 0 Å². The molecule has 4 heteroatoms. The van der Waals surface area contributed by atoms with Gasteiger partial charge in [0.25, 0.3) is 0 Å². The van der Waals surface area contributed by atoms with Crippen molar-refractivity contribution in [2.75, 3.05) is 0 Å². The standard InChI is InChI=1S/C15H12N4/c1-19-15-6-10(2-3-11(15)7-18-19)13-8-16-9-14-12(13)4-5-17-14/h2-9,17H,1H3. The van der Waals surface area contributed by atoms with Gasteiger partial charge in [-0.1, -0.05) is 12.1 Å². The van der Waals surface area contributed by atoms with Crippen LogP contribution in [0.5, 0.6) is 0 Å². The van der Waals surface area contributed by atoms with Crippen LogP contribution in [-0.2, 0) is 7.05 Å². The monoisotopic (exact) mass is 248 g/mol. The van der Waals surface area contributed by atoms with E-state index >= 15 is 0 Å². The zero-order valence-electron chi connectivity index (χ0n) is 10.5. The number of hydrogen-bond donors (Lipinski definition) is 1. The molecule has 0 aliphatic carbocycles. The number of rotatable bonds is 1. The molecule has 0 spiro atoms. The molecule has 1 N–H and O–H groups in total. The van der Waals surface area contributed by atoms with Gasteiger partial charge in [-0.05, 0) is 17.7 Å². The summed E-state index contributed by atoms with van der Waals surface area (Å²) in [5.74, 6) is 0. The second kappa shape index (κ2) is 3.68. The first-order valence-corrected chi connectivity index (χ1v) is 6.16. The van der Waals surface area contributed by atoms with Crippen molar-refractivity contribution in [3.63, 3.8) is 0 Å². The van der Waals surface area contributed by atoms with Crippen molar-refractivity contribution in [2.45, 2.75) is 0 Å². The topological polar surface area (TPSA) is 46.5 Å². The van der Waals surface area contributed by atoms with E-state index < -0.39 is 0 Å². The molecule has 0 atom stereocenters. The number of fused-ring (bicyclic) bond motifs is 2. The highest BCUT2D eigenvalue weighted by Crippen LogP contribution is 2.29. The molecular formula is C15H12N4. The van der Waals surface area contributed by atoms with E-state index in [9.17, 15) is 0 Å². The maximum atomic E-state index is 4.30. The van der Waals surface area contributed by atoms with E-state index in [2.05, 4.69) is 39.3 Å². The second-order valence-corrected chi connectivity index (χ2v) is 4.67. The first-order chi connectivity index (χ1) is 9.33. The maximum Gasteiger partial charge on any atom is 0.0685 e. The molecule has 0 fully saturated rings. The van der Waals surface area contributed by atoms with Crippen LogP contribution in [-0.4, -0.2) is 19.7 Å². The van der Waals surface area contributed by atoms with Crippen molar-refractivity contribution in [1.29, 1.82) is 0 Å². The SMILES string of the molecule is Cn1ncc2ccc(-c3cncc4[nH]ccc34)cc21. The molecule has 0 amide bonds. The van der Waals surface area contributed by atoms with E-state index in [0.717, 1.165) is 27.5 Å². The Bertz CT molecular complexity index is 885. The van der Waals surface area contributed by atoms with Gasteiger partial charge in [-0.15, -0.1) is 0 Å². The Morgan fingerprint density at radius 2 is 2.05 bits per heavy atom. The molecule has 4 nitrogen and oxygen atoms in total. The van der Waals surface area contributed by atoms with Gasteiger partial charge < -0.3 is 4.98 Å². The predicted molar refractivity (Wildman–Crippen MR) is 75.8 cm³/mol. The van der Waals surface area contributed by atoms with Crippen LogP contribution in [0.15, 0.2) is 49.1 Å². The smallest absolute Gasteiger partial charge is 0.0685 e. The minimum absolute atomic E-state index is 1.06. The van der Waals surface area contributed by atoms with Gasteiger partial charge in [-0.25, -0.2) is 0 Å². The van der Waals surface area contributed by atoms with Gasteiger partial charge in [0.05, 0.1) is 23.4 Å². The lowest BCUT2D eigenvalue weighted by molar-refractivity contribution is 0.797. The van der Waals surface area contributed by atoms with E-state index in [0.29, 0.717) is 0 Å². The molecule has 4 rings (SSSR count). The van der Waals surface area contributed by atoms with E-state index in [1.165, 1.54) is 5.39 Å². The summed E-state index contributed by atoms with van der Waals surface area (Å²) >= 11 is 0. The first-order valence-electron chi connectivity index (χ1n) is 6.16. The third kappa shape index (κ3) is 1.46. The van der Waals surface area contributed by atoms with Crippen LogP contribution in [0, 0.1) is 0 Å². The fraction of sp³-hybridized carbons (Fsp3) is 0.0667. The highest BCUT2D eigenvalue weighted by atomic mass is 15.2. The molecule has 3 aromatic heterocycles. The normalized spacial score (nSPS) is 11.4. The average Bonchev–Trinajstić information content (AvgIpc) is 3.05. The zero-order chi connectivity index (χ0) is 12.8. The summed E-state index contributed by atoms with van der Waals surface area (Å²) in [7, 11) is 1.96. The van der Waals surface area contributed by atoms with E-state index in [-0.39, 0.29) is 0 Å². The third-order valence-electron chi connectivity index (χ3n) is 3.54. The van der Waals surface area contributed by atoms with Crippen molar-refractivity contribution >= 4 is 21.8 Å². The zero-order valence-corrected chi connectivity index (χ0v) is 10.5. The van der Waals surface area contributed by atoms with Crippen LogP contribution < -0.4 is 0 Å². The molecule has 0 unspecified atom stereocenters. The van der Waals surface area contributed by atoms with E-state index in [1.54, 1.807) is 0 Å². The molecule has 0 saturated carbocycles. The molecular weight excluding hydrogens is 236 g/mol. The Morgan fingerprint density at radius 3 is 3.00 bits per heavy atom. The lowest BCUT2D eigenvalue weighted by atomic mass is 10.0. The summed E-state index contributed by atoms with van der Waals surface area (Å²) < 4.78 is 1.89. The number of nitrogens with one attached hydrogen (secondary N) is 1. The van der Waals surface area contributed by atoms with Crippen LogP contribution in [0.3, 0.4) is 0 Å². The van der Waals surface area contributed by atoms with E-state index in [4.69, 9.17) is 0 Å². The summed E-state index contributed by atoms with van der Waals surface area (Å²) in [5, 5.41) is 6.62. The lowest BCUT2D eigenvalue weighted by Gasteiger charge is -2.04. The third-order valence-corrected chi connectivity index (χ3v) is 3.54. The van der Waals surface area contributed by atoms with Crippen molar-refractivity contribution in [3.05, 3.63) is 49.1 Å². The van der Waals surface area contributed by atoms with E-state index in [1.807, 2.05) is 36.5 Å². The molecule has 0 saturated heterocycles. The van der Waals surface area contributed by atoms with Crippen molar-refractivity contribution < 1.29 is 0 Å². The van der Waals surface area contributed by atoms with Gasteiger partial charge in [-0.3, -0.25) is 9.67 Å². The molecule has 0 bridgehead atoms. The fourth-order valence-electron chi connectivity index (χ4n) is 2.52.